The van der Waals surface area contributed by atoms with Crippen LogP contribution in [0.3, 0.4) is 0 Å². The number of hydrogen-bond donors (Lipinski definition) is 3. The Kier molecular flexibility index (Phi) is 8.23. The molecule has 0 bridgehead atoms. The van der Waals surface area contributed by atoms with Gasteiger partial charge in [-0.3, -0.25) is 14.3 Å². The topological polar surface area (TPSA) is 104 Å². The van der Waals surface area contributed by atoms with Crippen LogP contribution in [0.25, 0.3) is 6.08 Å². The summed E-state index contributed by atoms with van der Waals surface area (Å²) in [7, 11) is -3.70. The molecule has 0 aliphatic carbocycles. The summed E-state index contributed by atoms with van der Waals surface area (Å²) in [5.41, 5.74) is 1.93. The van der Waals surface area contributed by atoms with Crippen LogP contribution in [0.4, 0.5) is 5.69 Å². The summed E-state index contributed by atoms with van der Waals surface area (Å²) in [4.78, 5) is 24.3. The van der Waals surface area contributed by atoms with Gasteiger partial charge in [0.2, 0.25) is 0 Å². The van der Waals surface area contributed by atoms with Crippen molar-refractivity contribution < 1.29 is 18.0 Å². The molecular weight excluding hydrogens is 462 g/mol. The highest BCUT2D eigenvalue weighted by atomic mass is 35.5. The molecule has 2 amide bonds. The third-order valence-electron chi connectivity index (χ3n) is 4.45. The zero-order valence-electron chi connectivity index (χ0n) is 17.5. The van der Waals surface area contributed by atoms with E-state index in [1.165, 1.54) is 30.3 Å². The maximum Gasteiger partial charge on any atom is 0.255 e. The van der Waals surface area contributed by atoms with Crippen LogP contribution in [0, 0.1) is 0 Å². The molecule has 9 heteroatoms. The van der Waals surface area contributed by atoms with E-state index >= 15 is 0 Å². The van der Waals surface area contributed by atoms with Crippen molar-refractivity contribution in [1.29, 1.82) is 0 Å². The monoisotopic (exact) mass is 483 g/mol. The second-order valence-corrected chi connectivity index (χ2v) is 8.96. The number of anilines is 1. The van der Waals surface area contributed by atoms with Gasteiger partial charge < -0.3 is 10.6 Å². The molecular formula is C24H22ClN3O4S. The Morgan fingerprint density at radius 2 is 1.27 bits per heavy atom. The summed E-state index contributed by atoms with van der Waals surface area (Å²) in [6.07, 6.45) is 1.50. The maximum atomic E-state index is 12.3. The Morgan fingerprint density at radius 3 is 1.82 bits per heavy atom. The van der Waals surface area contributed by atoms with E-state index in [-0.39, 0.29) is 24.9 Å². The van der Waals surface area contributed by atoms with E-state index in [9.17, 15) is 18.0 Å². The number of nitrogens with one attached hydrogen (secondary N) is 3. The van der Waals surface area contributed by atoms with Crippen LogP contribution in [0.15, 0.2) is 84.3 Å². The first-order chi connectivity index (χ1) is 15.8. The van der Waals surface area contributed by atoms with Gasteiger partial charge in [0.05, 0.1) is 5.41 Å². The van der Waals surface area contributed by atoms with Crippen LogP contribution in [0.2, 0.25) is 5.02 Å². The molecule has 0 saturated heterocycles. The van der Waals surface area contributed by atoms with Gasteiger partial charge in [0, 0.05) is 34.9 Å². The van der Waals surface area contributed by atoms with Gasteiger partial charge in [-0.05, 0) is 60.2 Å². The predicted molar refractivity (Wildman–Crippen MR) is 131 cm³/mol. The molecule has 0 atom stereocenters. The maximum absolute atomic E-state index is 12.3. The second kappa shape index (κ2) is 11.3. The van der Waals surface area contributed by atoms with Gasteiger partial charge in [-0.1, -0.05) is 41.9 Å². The number of sulfonamides is 1. The highest BCUT2D eigenvalue weighted by molar-refractivity contribution is 7.95. The Bertz CT molecular complexity index is 1230. The minimum absolute atomic E-state index is 0.233. The van der Waals surface area contributed by atoms with Gasteiger partial charge in [-0.2, -0.15) is 0 Å². The Labute approximate surface area is 197 Å². The molecule has 0 radical (unpaired) electrons. The van der Waals surface area contributed by atoms with Crippen molar-refractivity contribution in [2.75, 3.05) is 17.8 Å². The van der Waals surface area contributed by atoms with E-state index in [2.05, 4.69) is 15.4 Å². The number of carbonyl (C=O) groups is 2. The standard InChI is InChI=1S/C24H22ClN3O4S/c25-21-10-6-19(7-11-21)23(29)26-15-16-27-24(30)20-8-12-22(13-9-20)28-33(31,32)17-14-18-4-2-1-3-5-18/h1-14,17,28H,15-16H2,(H,26,29)(H,27,30)/b17-14+. The molecule has 7 nitrogen and oxygen atoms in total. The fourth-order valence-corrected chi connectivity index (χ4v) is 3.77. The molecule has 0 aromatic heterocycles. The minimum Gasteiger partial charge on any atom is -0.350 e. The fraction of sp³-hybridized carbons (Fsp3) is 0.0833. The third-order valence-corrected chi connectivity index (χ3v) is 5.72. The predicted octanol–water partition coefficient (Wildman–Crippen LogP) is 3.91. The summed E-state index contributed by atoms with van der Waals surface area (Å²) < 4.78 is 26.9. The van der Waals surface area contributed by atoms with Gasteiger partial charge in [0.15, 0.2) is 0 Å². The van der Waals surface area contributed by atoms with Crippen molar-refractivity contribution in [2.45, 2.75) is 0 Å². The number of amides is 2. The van der Waals surface area contributed by atoms with Crippen molar-refractivity contribution in [3.05, 3.63) is 106 Å². The van der Waals surface area contributed by atoms with Gasteiger partial charge >= 0.3 is 0 Å². The quantitative estimate of drug-likeness (QED) is 0.401. The number of hydrogen-bond acceptors (Lipinski definition) is 4. The molecule has 0 saturated carbocycles. The molecule has 3 aromatic rings. The number of benzene rings is 3. The molecule has 3 N–H and O–H groups in total. The lowest BCUT2D eigenvalue weighted by molar-refractivity contribution is 0.0927. The van der Waals surface area contributed by atoms with Crippen LogP contribution in [0.5, 0.6) is 0 Å². The molecule has 33 heavy (non-hydrogen) atoms. The lowest BCUT2D eigenvalue weighted by Crippen LogP contribution is -2.34. The summed E-state index contributed by atoms with van der Waals surface area (Å²) >= 11 is 5.80. The summed E-state index contributed by atoms with van der Waals surface area (Å²) in [6, 6.07) is 21.6. The van der Waals surface area contributed by atoms with E-state index in [0.29, 0.717) is 21.8 Å². The Balaban J connectivity index is 1.46. The zero-order chi connectivity index (χ0) is 23.7. The fourth-order valence-electron chi connectivity index (χ4n) is 2.78. The number of halogens is 1. The summed E-state index contributed by atoms with van der Waals surface area (Å²) in [5.74, 6) is -0.604. The van der Waals surface area contributed by atoms with Gasteiger partial charge in [0.25, 0.3) is 21.8 Å². The molecule has 0 fully saturated rings. The first kappa shape index (κ1) is 24.0. The lowest BCUT2D eigenvalue weighted by Gasteiger charge is -2.08. The van der Waals surface area contributed by atoms with Crippen LogP contribution in [0.1, 0.15) is 26.3 Å². The van der Waals surface area contributed by atoms with Crippen LogP contribution in [-0.4, -0.2) is 33.3 Å². The van der Waals surface area contributed by atoms with E-state index in [0.717, 1.165) is 11.0 Å². The van der Waals surface area contributed by atoms with Gasteiger partial charge in [-0.15, -0.1) is 0 Å². The van der Waals surface area contributed by atoms with Crippen molar-refractivity contribution in [3.8, 4) is 0 Å². The first-order valence-corrected chi connectivity index (χ1v) is 11.9. The van der Waals surface area contributed by atoms with Crippen molar-refractivity contribution in [2.24, 2.45) is 0 Å². The van der Waals surface area contributed by atoms with Gasteiger partial charge in [0.1, 0.15) is 0 Å². The summed E-state index contributed by atoms with van der Waals surface area (Å²) in [6.45, 7) is 0.482. The van der Waals surface area contributed by atoms with Crippen LogP contribution < -0.4 is 15.4 Å². The molecule has 0 unspecified atom stereocenters. The average Bonchev–Trinajstić information content (AvgIpc) is 2.82. The first-order valence-electron chi connectivity index (χ1n) is 10.0. The SMILES string of the molecule is O=C(NCCNC(=O)c1ccc(NS(=O)(=O)/C=C/c2ccccc2)cc1)c1ccc(Cl)cc1. The van der Waals surface area contributed by atoms with Crippen LogP contribution >= 0.6 is 11.6 Å². The molecule has 0 heterocycles. The summed E-state index contributed by atoms with van der Waals surface area (Å²) in [5, 5.41) is 7.03. The third kappa shape index (κ3) is 7.78. The van der Waals surface area contributed by atoms with Crippen LogP contribution in [-0.2, 0) is 10.0 Å². The number of rotatable bonds is 9. The van der Waals surface area contributed by atoms with Gasteiger partial charge in [-0.25, -0.2) is 8.42 Å². The largest absolute Gasteiger partial charge is 0.350 e. The average molecular weight is 484 g/mol. The van der Waals surface area contributed by atoms with Crippen molar-refractivity contribution >= 4 is 45.2 Å². The molecule has 0 spiro atoms. The second-order valence-electron chi connectivity index (χ2n) is 6.96. The molecule has 3 rings (SSSR count). The van der Waals surface area contributed by atoms with E-state index in [1.807, 2.05) is 18.2 Å². The molecule has 0 aliphatic heterocycles. The number of carbonyl (C=O) groups excluding carboxylic acids is 2. The van der Waals surface area contributed by atoms with E-state index < -0.39 is 10.0 Å². The molecule has 0 aliphatic rings. The smallest absolute Gasteiger partial charge is 0.255 e. The molecule has 170 valence electrons. The Morgan fingerprint density at radius 1 is 0.758 bits per heavy atom. The minimum atomic E-state index is -3.70. The van der Waals surface area contributed by atoms with E-state index in [4.69, 9.17) is 11.6 Å². The highest BCUT2D eigenvalue weighted by Crippen LogP contribution is 2.13. The lowest BCUT2D eigenvalue weighted by atomic mass is 10.2. The van der Waals surface area contributed by atoms with Crippen molar-refractivity contribution in [3.63, 3.8) is 0 Å². The zero-order valence-corrected chi connectivity index (χ0v) is 19.1. The normalized spacial score (nSPS) is 11.2. The van der Waals surface area contributed by atoms with Crippen molar-refractivity contribution in [1.82, 2.24) is 10.6 Å². The highest BCUT2D eigenvalue weighted by Gasteiger charge is 2.09. The van der Waals surface area contributed by atoms with E-state index in [1.54, 1.807) is 36.4 Å². The molecule has 3 aromatic carbocycles. The Hall–Kier alpha value is -3.62.